The average Bonchev–Trinajstić information content (AvgIpc) is 2.67. The fourth-order valence-corrected chi connectivity index (χ4v) is 3.26. The highest BCUT2D eigenvalue weighted by Gasteiger charge is 2.32. The maximum absolute atomic E-state index is 13.0. The molecule has 158 valence electrons. The van der Waals surface area contributed by atoms with Crippen LogP contribution in [0, 0.1) is 13.8 Å². The van der Waals surface area contributed by atoms with E-state index in [9.17, 15) is 22.8 Å². The topological polar surface area (TPSA) is 68.5 Å². The summed E-state index contributed by atoms with van der Waals surface area (Å²) in [6.07, 6.45) is -4.49. The molecule has 1 aromatic heterocycles. The summed E-state index contributed by atoms with van der Waals surface area (Å²) in [5, 5.41) is 3.18. The third kappa shape index (κ3) is 4.48. The summed E-state index contributed by atoms with van der Waals surface area (Å²) in [5.74, 6) is 0.0501. The molecule has 2 aromatic carbocycles. The molecule has 0 unspecified atom stereocenters. The van der Waals surface area contributed by atoms with Gasteiger partial charge in [-0.2, -0.15) is 13.2 Å². The van der Waals surface area contributed by atoms with Gasteiger partial charge in [0.05, 0.1) is 12.7 Å². The van der Waals surface area contributed by atoms with Crippen LogP contribution >= 0.6 is 0 Å². The molecule has 0 atom stereocenters. The lowest BCUT2D eigenvalue weighted by atomic mass is 10.0. The molecular formula is C22H20F3NO4. The summed E-state index contributed by atoms with van der Waals surface area (Å²) in [6, 6.07) is 8.72. The Balaban J connectivity index is 1.77. The molecule has 5 nitrogen and oxygen atoms in total. The zero-order valence-corrected chi connectivity index (χ0v) is 16.6. The molecule has 3 rings (SSSR count). The number of halogens is 3. The predicted octanol–water partition coefficient (Wildman–Crippen LogP) is 5.01. The van der Waals surface area contributed by atoms with Gasteiger partial charge in [0.1, 0.15) is 11.3 Å². The lowest BCUT2D eigenvalue weighted by molar-refractivity contribution is -0.138. The molecule has 8 heteroatoms. The third-order valence-corrected chi connectivity index (χ3v) is 4.92. The summed E-state index contributed by atoms with van der Waals surface area (Å²) in [6.45, 7) is 3.11. The van der Waals surface area contributed by atoms with Crippen molar-refractivity contribution in [3.63, 3.8) is 0 Å². The summed E-state index contributed by atoms with van der Waals surface area (Å²) >= 11 is 0. The normalized spacial score (nSPS) is 11.5. The molecule has 0 spiro atoms. The van der Waals surface area contributed by atoms with Crippen molar-refractivity contribution in [1.82, 2.24) is 0 Å². The fourth-order valence-electron chi connectivity index (χ4n) is 3.26. The van der Waals surface area contributed by atoms with Crippen molar-refractivity contribution in [2.45, 2.75) is 32.9 Å². The van der Waals surface area contributed by atoms with Crippen LogP contribution in [-0.2, 0) is 17.4 Å². The van der Waals surface area contributed by atoms with E-state index in [4.69, 9.17) is 9.15 Å². The first-order valence-corrected chi connectivity index (χ1v) is 9.18. The number of alkyl halides is 3. The monoisotopic (exact) mass is 419 g/mol. The molecule has 0 aliphatic heterocycles. The maximum atomic E-state index is 13.0. The largest absolute Gasteiger partial charge is 0.497 e. The number of hydrogen-bond donors (Lipinski definition) is 1. The highest BCUT2D eigenvalue weighted by Crippen LogP contribution is 2.33. The second kappa shape index (κ2) is 8.22. The molecular weight excluding hydrogens is 399 g/mol. The van der Waals surface area contributed by atoms with Gasteiger partial charge in [-0.05, 0) is 55.7 Å². The third-order valence-electron chi connectivity index (χ3n) is 4.92. The van der Waals surface area contributed by atoms with Crippen molar-refractivity contribution in [3.05, 3.63) is 69.1 Å². The summed E-state index contributed by atoms with van der Waals surface area (Å²) in [5.41, 5.74) is 0.171. The lowest BCUT2D eigenvalue weighted by Crippen LogP contribution is -2.17. The highest BCUT2D eigenvalue weighted by molar-refractivity contribution is 5.91. The molecule has 0 saturated carbocycles. The second-order valence-electron chi connectivity index (χ2n) is 6.93. The Morgan fingerprint density at radius 1 is 1.13 bits per heavy atom. The van der Waals surface area contributed by atoms with Gasteiger partial charge < -0.3 is 14.5 Å². The molecule has 30 heavy (non-hydrogen) atoms. The molecule has 1 N–H and O–H groups in total. The van der Waals surface area contributed by atoms with E-state index in [1.807, 2.05) is 0 Å². The van der Waals surface area contributed by atoms with Crippen molar-refractivity contribution in [2.75, 3.05) is 12.4 Å². The standard InChI is InChI=1S/C22H20F3NO4/c1-12-4-5-14(10-18(12)22(23,24)25)26-20(27)9-8-17-13(2)16-7-6-15(29-3)11-19(16)30-21(17)28/h4-7,10-11H,8-9H2,1-3H3,(H,26,27). The molecule has 0 fully saturated rings. The summed E-state index contributed by atoms with van der Waals surface area (Å²) in [7, 11) is 1.50. The van der Waals surface area contributed by atoms with Gasteiger partial charge in [-0.15, -0.1) is 0 Å². The number of carbonyl (C=O) groups is 1. The molecule has 3 aromatic rings. The zero-order valence-electron chi connectivity index (χ0n) is 16.6. The van der Waals surface area contributed by atoms with Gasteiger partial charge in [0.2, 0.25) is 5.91 Å². The second-order valence-corrected chi connectivity index (χ2v) is 6.93. The van der Waals surface area contributed by atoms with Gasteiger partial charge in [-0.3, -0.25) is 4.79 Å². The summed E-state index contributed by atoms with van der Waals surface area (Å²) < 4.78 is 49.6. The smallest absolute Gasteiger partial charge is 0.416 e. The Kier molecular flexibility index (Phi) is 5.87. The average molecular weight is 419 g/mol. The Bertz CT molecular complexity index is 1170. The van der Waals surface area contributed by atoms with Gasteiger partial charge >= 0.3 is 11.8 Å². The maximum Gasteiger partial charge on any atom is 0.416 e. The van der Waals surface area contributed by atoms with Crippen LogP contribution in [0.1, 0.15) is 28.7 Å². The van der Waals surface area contributed by atoms with Crippen molar-refractivity contribution < 1.29 is 27.1 Å². The molecule has 0 aliphatic rings. The fraction of sp³-hybridized carbons (Fsp3) is 0.273. The van der Waals surface area contributed by atoms with Crippen LogP contribution in [0.4, 0.5) is 18.9 Å². The van der Waals surface area contributed by atoms with Crippen LogP contribution in [-0.4, -0.2) is 13.0 Å². The van der Waals surface area contributed by atoms with Gasteiger partial charge in [0, 0.05) is 29.1 Å². The molecule has 0 radical (unpaired) electrons. The van der Waals surface area contributed by atoms with Gasteiger partial charge in [-0.25, -0.2) is 4.79 Å². The van der Waals surface area contributed by atoms with E-state index in [0.717, 1.165) is 11.5 Å². The van der Waals surface area contributed by atoms with E-state index in [2.05, 4.69) is 5.32 Å². The minimum atomic E-state index is -4.51. The molecule has 0 saturated heterocycles. The number of nitrogens with one attached hydrogen (secondary N) is 1. The van der Waals surface area contributed by atoms with Crippen molar-refractivity contribution in [3.8, 4) is 5.75 Å². The van der Waals surface area contributed by atoms with Gasteiger partial charge in [0.15, 0.2) is 0 Å². The molecule has 0 bridgehead atoms. The number of carbonyl (C=O) groups excluding carboxylic acids is 1. The number of methoxy groups -OCH3 is 1. The van der Waals surface area contributed by atoms with Crippen LogP contribution in [0.2, 0.25) is 0 Å². The van der Waals surface area contributed by atoms with E-state index in [-0.39, 0.29) is 24.1 Å². The first-order chi connectivity index (χ1) is 14.1. The lowest BCUT2D eigenvalue weighted by Gasteiger charge is -2.13. The Morgan fingerprint density at radius 3 is 2.53 bits per heavy atom. The molecule has 1 amide bonds. The first-order valence-electron chi connectivity index (χ1n) is 9.18. The van der Waals surface area contributed by atoms with Gasteiger partial charge in [-0.1, -0.05) is 6.07 Å². The summed E-state index contributed by atoms with van der Waals surface area (Å²) in [4.78, 5) is 24.6. The number of anilines is 1. The van der Waals surface area contributed by atoms with E-state index >= 15 is 0 Å². The van der Waals surface area contributed by atoms with E-state index in [1.54, 1.807) is 25.1 Å². The van der Waals surface area contributed by atoms with Crippen LogP contribution < -0.4 is 15.7 Å². The molecule has 0 aliphatic carbocycles. The van der Waals surface area contributed by atoms with Crippen LogP contribution in [0.25, 0.3) is 11.0 Å². The number of amides is 1. The highest BCUT2D eigenvalue weighted by atomic mass is 19.4. The number of hydrogen-bond acceptors (Lipinski definition) is 4. The van der Waals surface area contributed by atoms with Crippen molar-refractivity contribution >= 4 is 22.6 Å². The molecule has 1 heterocycles. The number of aryl methyl sites for hydroxylation is 2. The van der Waals surface area contributed by atoms with Crippen molar-refractivity contribution in [2.24, 2.45) is 0 Å². The predicted molar refractivity (Wildman–Crippen MR) is 107 cm³/mol. The van der Waals surface area contributed by atoms with Crippen LogP contribution in [0.5, 0.6) is 5.75 Å². The van der Waals surface area contributed by atoms with E-state index < -0.39 is 23.3 Å². The number of ether oxygens (including phenoxy) is 1. The zero-order chi connectivity index (χ0) is 22.1. The minimum absolute atomic E-state index is 0.0484. The Morgan fingerprint density at radius 2 is 1.87 bits per heavy atom. The minimum Gasteiger partial charge on any atom is -0.497 e. The van der Waals surface area contributed by atoms with E-state index in [1.165, 1.54) is 26.2 Å². The van der Waals surface area contributed by atoms with Crippen molar-refractivity contribution in [1.29, 1.82) is 0 Å². The quantitative estimate of drug-likeness (QED) is 0.591. The number of benzene rings is 2. The Hall–Kier alpha value is -3.29. The number of fused-ring (bicyclic) bond motifs is 1. The van der Waals surface area contributed by atoms with Crippen LogP contribution in [0.3, 0.4) is 0 Å². The van der Waals surface area contributed by atoms with Crippen LogP contribution in [0.15, 0.2) is 45.6 Å². The van der Waals surface area contributed by atoms with E-state index in [0.29, 0.717) is 22.5 Å². The number of rotatable bonds is 5. The SMILES string of the molecule is COc1ccc2c(C)c(CCC(=O)Nc3ccc(C)c(C(F)(F)F)c3)c(=O)oc2c1. The Labute approximate surface area is 170 Å². The van der Waals surface area contributed by atoms with Gasteiger partial charge in [0.25, 0.3) is 0 Å². The first kappa shape index (κ1) is 21.4.